The Morgan fingerprint density at radius 1 is 1.28 bits per heavy atom. The summed E-state index contributed by atoms with van der Waals surface area (Å²) in [5, 5.41) is 9.12. The SMILES string of the molecule is c1ccc(OCCSc2nncn2C2CC2)cc1. The van der Waals surface area contributed by atoms with Crippen LogP contribution in [0.15, 0.2) is 41.8 Å². The second kappa shape index (κ2) is 5.44. The van der Waals surface area contributed by atoms with Gasteiger partial charge in [0.05, 0.1) is 6.61 Å². The number of hydrogen-bond donors (Lipinski definition) is 0. The van der Waals surface area contributed by atoms with E-state index in [-0.39, 0.29) is 0 Å². The van der Waals surface area contributed by atoms with Crippen LogP contribution in [0.25, 0.3) is 0 Å². The zero-order valence-corrected chi connectivity index (χ0v) is 10.8. The van der Waals surface area contributed by atoms with Crippen LogP contribution in [0, 0.1) is 0 Å². The lowest BCUT2D eigenvalue weighted by molar-refractivity contribution is 0.344. The minimum Gasteiger partial charge on any atom is -0.493 e. The van der Waals surface area contributed by atoms with Gasteiger partial charge in [0.15, 0.2) is 5.16 Å². The first-order chi connectivity index (χ1) is 8.93. The summed E-state index contributed by atoms with van der Waals surface area (Å²) in [7, 11) is 0. The fraction of sp³-hybridized carbons (Fsp3) is 0.385. The predicted molar refractivity (Wildman–Crippen MR) is 71.0 cm³/mol. The van der Waals surface area contributed by atoms with Crippen LogP contribution in [0.5, 0.6) is 5.75 Å². The lowest BCUT2D eigenvalue weighted by Crippen LogP contribution is -2.02. The van der Waals surface area contributed by atoms with Crippen LogP contribution >= 0.6 is 11.8 Å². The molecule has 5 heteroatoms. The van der Waals surface area contributed by atoms with E-state index in [9.17, 15) is 0 Å². The smallest absolute Gasteiger partial charge is 0.191 e. The van der Waals surface area contributed by atoms with Gasteiger partial charge in [-0.25, -0.2) is 0 Å². The first-order valence-corrected chi connectivity index (χ1v) is 7.12. The molecule has 1 aliphatic carbocycles. The average molecular weight is 261 g/mol. The van der Waals surface area contributed by atoms with E-state index < -0.39 is 0 Å². The lowest BCUT2D eigenvalue weighted by atomic mass is 10.3. The molecular weight excluding hydrogens is 246 g/mol. The van der Waals surface area contributed by atoms with E-state index >= 15 is 0 Å². The normalized spacial score (nSPS) is 14.7. The summed E-state index contributed by atoms with van der Waals surface area (Å²) in [4.78, 5) is 0. The largest absolute Gasteiger partial charge is 0.493 e. The molecule has 1 aliphatic rings. The Bertz CT molecular complexity index is 496. The fourth-order valence-corrected chi connectivity index (χ4v) is 2.55. The lowest BCUT2D eigenvalue weighted by Gasteiger charge is -2.06. The topological polar surface area (TPSA) is 39.9 Å². The highest BCUT2D eigenvalue weighted by Gasteiger charge is 2.26. The van der Waals surface area contributed by atoms with E-state index in [1.165, 1.54) is 12.8 Å². The van der Waals surface area contributed by atoms with E-state index in [4.69, 9.17) is 4.74 Å². The van der Waals surface area contributed by atoms with Crippen molar-refractivity contribution in [2.75, 3.05) is 12.4 Å². The van der Waals surface area contributed by atoms with Crippen molar-refractivity contribution < 1.29 is 4.74 Å². The van der Waals surface area contributed by atoms with E-state index in [1.54, 1.807) is 11.8 Å². The van der Waals surface area contributed by atoms with Crippen molar-refractivity contribution in [3.63, 3.8) is 0 Å². The Balaban J connectivity index is 1.45. The second-order valence-electron chi connectivity index (χ2n) is 4.26. The average Bonchev–Trinajstić information content (AvgIpc) is 3.16. The molecular formula is C13H15N3OS. The quantitative estimate of drug-likeness (QED) is 0.592. The Labute approximate surface area is 110 Å². The molecule has 0 saturated heterocycles. The molecule has 0 radical (unpaired) electrons. The summed E-state index contributed by atoms with van der Waals surface area (Å²) in [5.41, 5.74) is 0. The summed E-state index contributed by atoms with van der Waals surface area (Å²) in [6.45, 7) is 0.687. The third-order valence-corrected chi connectivity index (χ3v) is 3.73. The highest BCUT2D eigenvalue weighted by molar-refractivity contribution is 7.99. The van der Waals surface area contributed by atoms with Crippen molar-refractivity contribution in [1.82, 2.24) is 14.8 Å². The molecule has 94 valence electrons. The zero-order valence-electron chi connectivity index (χ0n) is 10.0. The van der Waals surface area contributed by atoms with E-state index in [1.807, 2.05) is 36.7 Å². The number of hydrogen-bond acceptors (Lipinski definition) is 4. The molecule has 1 aromatic carbocycles. The molecule has 0 atom stereocenters. The summed E-state index contributed by atoms with van der Waals surface area (Å²) in [6.07, 6.45) is 4.34. The van der Waals surface area contributed by atoms with Crippen LogP contribution in [0.4, 0.5) is 0 Å². The monoisotopic (exact) mass is 261 g/mol. The number of benzene rings is 1. The number of nitrogens with zero attached hydrogens (tertiary/aromatic N) is 3. The van der Waals surface area contributed by atoms with Crippen LogP contribution in [-0.4, -0.2) is 27.1 Å². The van der Waals surface area contributed by atoms with Crippen LogP contribution in [0.3, 0.4) is 0 Å². The summed E-state index contributed by atoms with van der Waals surface area (Å²) in [6, 6.07) is 10.5. The van der Waals surface area contributed by atoms with Gasteiger partial charge in [0.25, 0.3) is 0 Å². The first-order valence-electron chi connectivity index (χ1n) is 6.13. The minimum absolute atomic E-state index is 0.637. The molecule has 0 spiro atoms. The molecule has 0 aliphatic heterocycles. The van der Waals surface area contributed by atoms with Gasteiger partial charge >= 0.3 is 0 Å². The summed E-state index contributed by atoms with van der Waals surface area (Å²) < 4.78 is 7.82. The van der Waals surface area contributed by atoms with Gasteiger partial charge in [-0.05, 0) is 25.0 Å². The van der Waals surface area contributed by atoms with Gasteiger partial charge in [-0.2, -0.15) is 0 Å². The van der Waals surface area contributed by atoms with Crippen LogP contribution in [0.2, 0.25) is 0 Å². The molecule has 1 fully saturated rings. The molecule has 0 amide bonds. The Morgan fingerprint density at radius 3 is 2.89 bits per heavy atom. The zero-order chi connectivity index (χ0) is 12.2. The molecule has 1 aromatic heterocycles. The van der Waals surface area contributed by atoms with Crippen molar-refractivity contribution in [2.24, 2.45) is 0 Å². The predicted octanol–water partition coefficient (Wildman–Crippen LogP) is 2.78. The molecule has 0 unspecified atom stereocenters. The second-order valence-corrected chi connectivity index (χ2v) is 5.32. The van der Waals surface area contributed by atoms with Gasteiger partial charge in [-0.1, -0.05) is 30.0 Å². The number of ether oxygens (including phenoxy) is 1. The van der Waals surface area contributed by atoms with Crippen molar-refractivity contribution in [2.45, 2.75) is 24.0 Å². The maximum atomic E-state index is 5.64. The van der Waals surface area contributed by atoms with Gasteiger partial charge in [0.2, 0.25) is 0 Å². The van der Waals surface area contributed by atoms with Crippen molar-refractivity contribution in [1.29, 1.82) is 0 Å². The highest BCUT2D eigenvalue weighted by atomic mass is 32.2. The molecule has 3 rings (SSSR count). The Kier molecular flexibility index (Phi) is 3.50. The Morgan fingerprint density at radius 2 is 2.11 bits per heavy atom. The molecule has 1 heterocycles. The van der Waals surface area contributed by atoms with Gasteiger partial charge in [-0.3, -0.25) is 0 Å². The summed E-state index contributed by atoms with van der Waals surface area (Å²) >= 11 is 1.71. The highest BCUT2D eigenvalue weighted by Crippen LogP contribution is 2.37. The number of para-hydroxylation sites is 1. The van der Waals surface area contributed by atoms with Crippen LogP contribution < -0.4 is 4.74 Å². The van der Waals surface area contributed by atoms with Gasteiger partial charge in [-0.15, -0.1) is 10.2 Å². The van der Waals surface area contributed by atoms with Gasteiger partial charge in [0.1, 0.15) is 12.1 Å². The van der Waals surface area contributed by atoms with E-state index in [0.29, 0.717) is 12.6 Å². The third-order valence-electron chi connectivity index (χ3n) is 2.81. The van der Waals surface area contributed by atoms with Gasteiger partial charge < -0.3 is 9.30 Å². The molecule has 0 bridgehead atoms. The van der Waals surface area contributed by atoms with Gasteiger partial charge in [0, 0.05) is 11.8 Å². The number of thioether (sulfide) groups is 1. The maximum Gasteiger partial charge on any atom is 0.191 e. The maximum absolute atomic E-state index is 5.64. The molecule has 0 N–H and O–H groups in total. The molecule has 1 saturated carbocycles. The third kappa shape index (κ3) is 2.85. The van der Waals surface area contributed by atoms with Crippen molar-refractivity contribution in [3.05, 3.63) is 36.7 Å². The number of rotatable bonds is 6. The van der Waals surface area contributed by atoms with Crippen LogP contribution in [0.1, 0.15) is 18.9 Å². The fourth-order valence-electron chi connectivity index (χ4n) is 1.75. The van der Waals surface area contributed by atoms with E-state index in [2.05, 4.69) is 14.8 Å². The standard InChI is InChI=1S/C13H15N3OS/c1-2-4-12(5-3-1)17-8-9-18-13-15-14-10-16(13)11-6-7-11/h1-5,10-11H,6-9H2. The van der Waals surface area contributed by atoms with Crippen LogP contribution in [-0.2, 0) is 0 Å². The molecule has 2 aromatic rings. The van der Waals surface area contributed by atoms with E-state index in [0.717, 1.165) is 16.7 Å². The summed E-state index contributed by atoms with van der Waals surface area (Å²) in [5.74, 6) is 1.81. The first kappa shape index (κ1) is 11.6. The van der Waals surface area contributed by atoms with Crippen molar-refractivity contribution in [3.8, 4) is 5.75 Å². The van der Waals surface area contributed by atoms with Crippen molar-refractivity contribution >= 4 is 11.8 Å². The minimum atomic E-state index is 0.637. The number of aromatic nitrogens is 3. The molecule has 18 heavy (non-hydrogen) atoms. The Hall–Kier alpha value is -1.49. The molecule has 4 nitrogen and oxygen atoms in total.